The summed E-state index contributed by atoms with van der Waals surface area (Å²) in [5.41, 5.74) is 1.17. The van der Waals surface area contributed by atoms with Crippen molar-refractivity contribution in [1.29, 1.82) is 0 Å². The number of carboxylic acid groups (broad SMARTS) is 1. The van der Waals surface area contributed by atoms with Crippen LogP contribution in [0.5, 0.6) is 5.75 Å². The summed E-state index contributed by atoms with van der Waals surface area (Å²) >= 11 is 0. The van der Waals surface area contributed by atoms with Gasteiger partial charge in [-0.15, -0.1) is 0 Å². The van der Waals surface area contributed by atoms with Gasteiger partial charge in [-0.1, -0.05) is 12.8 Å². The molecule has 2 N–H and O–H groups in total. The Hall–Kier alpha value is -2.61. The zero-order chi connectivity index (χ0) is 19.0. The Morgan fingerprint density at radius 3 is 2.56 bits per heavy atom. The maximum absolute atomic E-state index is 12.8. The minimum Gasteiger partial charge on any atom is -0.449 e. The quantitative estimate of drug-likeness (QED) is 0.606. The Morgan fingerprint density at radius 1 is 1.15 bits per heavy atom. The Kier molecular flexibility index (Phi) is 4.73. The van der Waals surface area contributed by atoms with E-state index < -0.39 is 6.16 Å². The molecule has 0 radical (unpaired) electrons. The van der Waals surface area contributed by atoms with Crippen LogP contribution in [0.4, 0.5) is 16.2 Å². The normalized spacial score (nSPS) is 19.9. The second-order valence-electron chi connectivity index (χ2n) is 7.36. The van der Waals surface area contributed by atoms with Crippen LogP contribution in [0.2, 0.25) is 0 Å². The van der Waals surface area contributed by atoms with Crippen LogP contribution in [0, 0.1) is 0 Å². The Morgan fingerprint density at radius 2 is 1.89 bits per heavy atom. The predicted octanol–water partition coefficient (Wildman–Crippen LogP) is 2.12. The molecule has 1 heterocycles. The van der Waals surface area contributed by atoms with E-state index in [0.717, 1.165) is 25.7 Å². The minimum atomic E-state index is -1.42. The summed E-state index contributed by atoms with van der Waals surface area (Å²) in [4.78, 5) is 39.5. The molecule has 144 valence electrons. The fourth-order valence-electron chi connectivity index (χ4n) is 3.93. The fourth-order valence-corrected chi connectivity index (χ4v) is 3.93. The van der Waals surface area contributed by atoms with Gasteiger partial charge in [-0.2, -0.15) is 0 Å². The average Bonchev–Trinajstić information content (AvgIpc) is 3.32. The van der Waals surface area contributed by atoms with Crippen molar-refractivity contribution >= 4 is 29.3 Å². The van der Waals surface area contributed by atoms with Crippen LogP contribution >= 0.6 is 0 Å². The number of anilines is 2. The molecular formula is C19H23N3O5. The number of benzene rings is 1. The molecule has 0 atom stereocenters. The first-order valence-electron chi connectivity index (χ1n) is 9.43. The summed E-state index contributed by atoms with van der Waals surface area (Å²) in [5.74, 6) is -0.168. The predicted molar refractivity (Wildman–Crippen MR) is 98.2 cm³/mol. The van der Waals surface area contributed by atoms with E-state index in [1.165, 1.54) is 29.9 Å². The van der Waals surface area contributed by atoms with E-state index in [-0.39, 0.29) is 36.7 Å². The summed E-state index contributed by atoms with van der Waals surface area (Å²) in [6, 6.07) is 5.21. The second kappa shape index (κ2) is 7.19. The number of hydrogen-bond donors (Lipinski definition) is 2. The van der Waals surface area contributed by atoms with Gasteiger partial charge in [-0.25, -0.2) is 4.79 Å². The molecule has 1 aromatic rings. The van der Waals surface area contributed by atoms with Crippen LogP contribution < -0.4 is 19.9 Å². The van der Waals surface area contributed by atoms with Gasteiger partial charge in [0.05, 0.1) is 17.9 Å². The number of hydrogen-bond acceptors (Lipinski definition) is 5. The molecule has 0 saturated heterocycles. The van der Waals surface area contributed by atoms with Gasteiger partial charge in [-0.05, 0) is 37.8 Å². The largest absolute Gasteiger partial charge is 0.511 e. The lowest BCUT2D eigenvalue weighted by atomic mass is 10.1. The lowest BCUT2D eigenvalue weighted by Crippen LogP contribution is -2.51. The van der Waals surface area contributed by atoms with E-state index in [1.54, 1.807) is 11.0 Å². The van der Waals surface area contributed by atoms with Gasteiger partial charge in [-0.3, -0.25) is 14.5 Å². The Balaban J connectivity index is 1.59. The van der Waals surface area contributed by atoms with E-state index >= 15 is 0 Å². The first-order valence-corrected chi connectivity index (χ1v) is 9.43. The molecule has 3 aliphatic rings. The van der Waals surface area contributed by atoms with Gasteiger partial charge in [0.25, 0.3) is 0 Å². The maximum Gasteiger partial charge on any atom is 0.511 e. The highest BCUT2D eigenvalue weighted by atomic mass is 16.7. The van der Waals surface area contributed by atoms with E-state index in [4.69, 9.17) is 9.84 Å². The molecule has 4 rings (SSSR count). The number of carbonyl (C=O) groups is 3. The highest BCUT2D eigenvalue weighted by Crippen LogP contribution is 2.42. The molecule has 2 amide bonds. The monoisotopic (exact) mass is 373 g/mol. The standard InChI is InChI=1S/C19H23N3O5/c23-17(10-20-12-3-1-2-4-12)21-11-18(24)22(13-5-6-13)15-8-7-14(9-16(15)21)27-19(25)26/h7-9,12-13,20H,1-6,10-11H2,(H,25,26). The minimum absolute atomic E-state index is 0.0365. The number of fused-ring (bicyclic) bond motifs is 1. The van der Waals surface area contributed by atoms with Gasteiger partial charge < -0.3 is 20.1 Å². The number of nitrogens with zero attached hydrogens (tertiary/aromatic N) is 2. The van der Waals surface area contributed by atoms with Gasteiger partial charge in [0.1, 0.15) is 12.3 Å². The lowest BCUT2D eigenvalue weighted by molar-refractivity contribution is -0.122. The molecule has 27 heavy (non-hydrogen) atoms. The molecule has 2 aliphatic carbocycles. The van der Waals surface area contributed by atoms with Crippen LogP contribution in [-0.2, 0) is 9.59 Å². The zero-order valence-corrected chi connectivity index (χ0v) is 15.0. The van der Waals surface area contributed by atoms with Gasteiger partial charge in [0.2, 0.25) is 11.8 Å². The molecule has 1 aliphatic heterocycles. The molecule has 0 aromatic heterocycles. The van der Waals surface area contributed by atoms with Crippen molar-refractivity contribution in [3.8, 4) is 5.75 Å². The summed E-state index contributed by atoms with van der Waals surface area (Å²) < 4.78 is 4.75. The van der Waals surface area contributed by atoms with Crippen molar-refractivity contribution in [2.75, 3.05) is 22.9 Å². The average molecular weight is 373 g/mol. The number of carbonyl (C=O) groups excluding carboxylic acids is 2. The maximum atomic E-state index is 12.8. The molecule has 0 bridgehead atoms. The van der Waals surface area contributed by atoms with Crippen molar-refractivity contribution in [3.63, 3.8) is 0 Å². The molecule has 2 fully saturated rings. The van der Waals surface area contributed by atoms with Crippen molar-refractivity contribution in [2.45, 2.75) is 50.6 Å². The molecule has 0 spiro atoms. The molecule has 8 nitrogen and oxygen atoms in total. The Labute approximate surface area is 157 Å². The van der Waals surface area contributed by atoms with E-state index in [9.17, 15) is 14.4 Å². The number of rotatable bonds is 5. The third kappa shape index (κ3) is 3.75. The van der Waals surface area contributed by atoms with Crippen LogP contribution in [0.3, 0.4) is 0 Å². The first-order chi connectivity index (χ1) is 13.0. The second-order valence-corrected chi connectivity index (χ2v) is 7.36. The summed E-state index contributed by atoms with van der Waals surface area (Å²) in [7, 11) is 0. The van der Waals surface area contributed by atoms with Gasteiger partial charge >= 0.3 is 6.16 Å². The van der Waals surface area contributed by atoms with Crippen LogP contribution in [0.25, 0.3) is 0 Å². The van der Waals surface area contributed by atoms with Crippen LogP contribution in [0.15, 0.2) is 18.2 Å². The summed E-state index contributed by atoms with van der Waals surface area (Å²) in [5, 5.41) is 12.1. The lowest BCUT2D eigenvalue weighted by Gasteiger charge is -2.36. The SMILES string of the molecule is O=C(O)Oc1ccc2c(c1)N(C(=O)CNC1CCCC1)CC(=O)N2C1CC1. The Bertz CT molecular complexity index is 771. The molecular weight excluding hydrogens is 350 g/mol. The summed E-state index contributed by atoms with van der Waals surface area (Å²) in [6.45, 7) is 0.121. The highest BCUT2D eigenvalue weighted by Gasteiger charge is 2.40. The molecule has 8 heteroatoms. The van der Waals surface area contributed by atoms with Crippen molar-refractivity contribution in [2.24, 2.45) is 0 Å². The van der Waals surface area contributed by atoms with Crippen molar-refractivity contribution in [1.82, 2.24) is 5.32 Å². The van der Waals surface area contributed by atoms with E-state index in [0.29, 0.717) is 17.4 Å². The highest BCUT2D eigenvalue weighted by molar-refractivity contribution is 6.12. The van der Waals surface area contributed by atoms with E-state index in [2.05, 4.69) is 5.32 Å². The van der Waals surface area contributed by atoms with Crippen LogP contribution in [0.1, 0.15) is 38.5 Å². The first kappa shape index (κ1) is 17.8. The van der Waals surface area contributed by atoms with Gasteiger partial charge in [0, 0.05) is 18.2 Å². The number of ether oxygens (including phenoxy) is 1. The van der Waals surface area contributed by atoms with E-state index in [1.807, 2.05) is 0 Å². The van der Waals surface area contributed by atoms with Gasteiger partial charge in [0.15, 0.2) is 0 Å². The smallest absolute Gasteiger partial charge is 0.449 e. The number of amides is 2. The third-order valence-electron chi connectivity index (χ3n) is 5.37. The molecule has 2 saturated carbocycles. The zero-order valence-electron chi connectivity index (χ0n) is 15.0. The van der Waals surface area contributed by atoms with Crippen LogP contribution in [-0.4, -0.2) is 48.2 Å². The fraction of sp³-hybridized carbons (Fsp3) is 0.526. The topological polar surface area (TPSA) is 99.2 Å². The van der Waals surface area contributed by atoms with Crippen molar-refractivity contribution < 1.29 is 24.2 Å². The third-order valence-corrected chi connectivity index (χ3v) is 5.37. The van der Waals surface area contributed by atoms with Crippen molar-refractivity contribution in [3.05, 3.63) is 18.2 Å². The molecule has 0 unspecified atom stereocenters. The molecule has 1 aromatic carbocycles. The summed E-state index contributed by atoms with van der Waals surface area (Å²) in [6.07, 6.45) is 4.93. The number of nitrogens with one attached hydrogen (secondary N) is 1.